The Bertz CT molecular complexity index is 1030. The summed E-state index contributed by atoms with van der Waals surface area (Å²) < 4.78 is 33.2. The second kappa shape index (κ2) is 10.3. The third-order valence-corrected chi connectivity index (χ3v) is 6.13. The number of piperidine rings is 1. The molecule has 1 fully saturated rings. The zero-order valence-electron chi connectivity index (χ0n) is 19.0. The highest BCUT2D eigenvalue weighted by Gasteiger charge is 2.35. The number of para-hydroxylation sites is 1. The van der Waals surface area contributed by atoms with Gasteiger partial charge in [-0.15, -0.1) is 0 Å². The van der Waals surface area contributed by atoms with E-state index in [2.05, 4.69) is 11.0 Å². The van der Waals surface area contributed by atoms with E-state index in [9.17, 15) is 13.6 Å². The van der Waals surface area contributed by atoms with Gasteiger partial charge in [0, 0.05) is 43.5 Å². The molecule has 0 amide bonds. The van der Waals surface area contributed by atoms with E-state index in [0.29, 0.717) is 26.1 Å². The fourth-order valence-corrected chi connectivity index (χ4v) is 4.60. The number of carbonyl (C=O) groups excluding carboxylic acids is 1. The van der Waals surface area contributed by atoms with Crippen LogP contribution in [0.4, 0.5) is 8.78 Å². The summed E-state index contributed by atoms with van der Waals surface area (Å²) >= 11 is 0. The van der Waals surface area contributed by atoms with Crippen LogP contribution in [0.25, 0.3) is 0 Å². The van der Waals surface area contributed by atoms with Crippen LogP contribution < -0.4 is 4.74 Å². The van der Waals surface area contributed by atoms with Gasteiger partial charge in [0.05, 0.1) is 6.10 Å². The van der Waals surface area contributed by atoms with Gasteiger partial charge in [0.2, 0.25) is 0 Å². The van der Waals surface area contributed by atoms with Crippen LogP contribution in [0, 0.1) is 17.6 Å². The lowest BCUT2D eigenvalue weighted by Crippen LogP contribution is -2.43. The van der Waals surface area contributed by atoms with Gasteiger partial charge in [0.15, 0.2) is 0 Å². The number of ether oxygens (including phenoxy) is 1. The van der Waals surface area contributed by atoms with Crippen molar-refractivity contribution in [3.8, 4) is 5.75 Å². The monoisotopic (exact) mass is 449 g/mol. The van der Waals surface area contributed by atoms with Crippen LogP contribution in [-0.4, -0.2) is 29.9 Å². The lowest BCUT2D eigenvalue weighted by Gasteiger charge is -2.36. The molecule has 0 saturated carbocycles. The molecule has 1 aliphatic heterocycles. The largest absolute Gasteiger partial charge is 0.491 e. The zero-order valence-corrected chi connectivity index (χ0v) is 19.0. The minimum Gasteiger partial charge on any atom is -0.491 e. The Morgan fingerprint density at radius 3 is 2.06 bits per heavy atom. The predicted molar refractivity (Wildman–Crippen MR) is 125 cm³/mol. The van der Waals surface area contributed by atoms with E-state index in [4.69, 9.17) is 4.74 Å². The maximum atomic E-state index is 13.6. The molecular weight excluding hydrogens is 420 g/mol. The standard InChI is InChI=1S/C28H29F2NO2/c1-19(2)33-27-6-4-3-5-22(27)17-31-16-15-26(32)25(18-31)28(20-7-11-23(29)12-8-20)21-9-13-24(30)14-10-21/h3-14,19,25,28H,15-18H2,1-2H3. The second-order valence-corrected chi connectivity index (χ2v) is 8.91. The Hall–Kier alpha value is -3.05. The Balaban J connectivity index is 1.63. The molecule has 0 aliphatic carbocycles. The summed E-state index contributed by atoms with van der Waals surface area (Å²) in [6.07, 6.45) is 0.514. The number of Topliss-reactive ketones (excluding diaryl/α,β-unsaturated/α-hetero) is 1. The molecule has 1 heterocycles. The van der Waals surface area contributed by atoms with Crippen molar-refractivity contribution < 1.29 is 18.3 Å². The topological polar surface area (TPSA) is 29.5 Å². The van der Waals surface area contributed by atoms with Gasteiger partial charge in [-0.05, 0) is 55.3 Å². The molecule has 1 unspecified atom stereocenters. The van der Waals surface area contributed by atoms with Crippen molar-refractivity contribution in [3.63, 3.8) is 0 Å². The number of likely N-dealkylation sites (tertiary alicyclic amines) is 1. The second-order valence-electron chi connectivity index (χ2n) is 8.91. The number of nitrogens with zero attached hydrogens (tertiary/aromatic N) is 1. The van der Waals surface area contributed by atoms with Crippen molar-refractivity contribution >= 4 is 5.78 Å². The van der Waals surface area contributed by atoms with Crippen molar-refractivity contribution in [1.82, 2.24) is 4.90 Å². The first-order valence-electron chi connectivity index (χ1n) is 11.4. The highest BCUT2D eigenvalue weighted by Crippen LogP contribution is 2.36. The molecule has 3 aromatic carbocycles. The van der Waals surface area contributed by atoms with Gasteiger partial charge in [-0.2, -0.15) is 0 Å². The number of carbonyl (C=O) groups is 1. The molecule has 3 aromatic rings. The highest BCUT2D eigenvalue weighted by molar-refractivity contribution is 5.83. The lowest BCUT2D eigenvalue weighted by molar-refractivity contribution is -0.126. The van der Waals surface area contributed by atoms with E-state index in [0.717, 1.165) is 22.4 Å². The van der Waals surface area contributed by atoms with Gasteiger partial charge in [0.25, 0.3) is 0 Å². The quantitative estimate of drug-likeness (QED) is 0.445. The number of ketones is 1. The average Bonchev–Trinajstić information content (AvgIpc) is 2.79. The van der Waals surface area contributed by atoms with Crippen LogP contribution >= 0.6 is 0 Å². The predicted octanol–water partition coefficient (Wildman–Crippen LogP) is 5.98. The van der Waals surface area contributed by atoms with Crippen LogP contribution in [0.3, 0.4) is 0 Å². The van der Waals surface area contributed by atoms with E-state index in [-0.39, 0.29) is 35.4 Å². The van der Waals surface area contributed by atoms with Crippen molar-refractivity contribution in [2.45, 2.75) is 38.8 Å². The normalized spacial score (nSPS) is 17.0. The van der Waals surface area contributed by atoms with Crippen molar-refractivity contribution in [1.29, 1.82) is 0 Å². The molecular formula is C28H29F2NO2. The first kappa shape index (κ1) is 23.1. The van der Waals surface area contributed by atoms with Crippen molar-refractivity contribution in [2.75, 3.05) is 13.1 Å². The molecule has 1 atom stereocenters. The van der Waals surface area contributed by atoms with E-state index in [1.54, 1.807) is 24.3 Å². The van der Waals surface area contributed by atoms with Gasteiger partial charge < -0.3 is 4.74 Å². The van der Waals surface area contributed by atoms with E-state index < -0.39 is 0 Å². The van der Waals surface area contributed by atoms with E-state index in [1.807, 2.05) is 32.0 Å². The maximum absolute atomic E-state index is 13.6. The number of hydrogen-bond donors (Lipinski definition) is 0. The fraction of sp³-hybridized carbons (Fsp3) is 0.321. The van der Waals surface area contributed by atoms with Crippen molar-refractivity contribution in [3.05, 3.63) is 101 Å². The third-order valence-electron chi connectivity index (χ3n) is 6.13. The summed E-state index contributed by atoms with van der Waals surface area (Å²) in [4.78, 5) is 15.4. The Morgan fingerprint density at radius 2 is 1.48 bits per heavy atom. The highest BCUT2D eigenvalue weighted by atomic mass is 19.1. The molecule has 3 nitrogen and oxygen atoms in total. The Morgan fingerprint density at radius 1 is 0.909 bits per heavy atom. The molecule has 1 aliphatic rings. The van der Waals surface area contributed by atoms with Crippen LogP contribution in [0.2, 0.25) is 0 Å². The summed E-state index contributed by atoms with van der Waals surface area (Å²) in [6.45, 7) is 5.91. The molecule has 1 saturated heterocycles. The first-order chi connectivity index (χ1) is 15.9. The third kappa shape index (κ3) is 5.66. The van der Waals surface area contributed by atoms with Gasteiger partial charge in [0.1, 0.15) is 23.2 Å². The maximum Gasteiger partial charge on any atom is 0.139 e. The van der Waals surface area contributed by atoms with Crippen molar-refractivity contribution in [2.24, 2.45) is 5.92 Å². The molecule has 0 radical (unpaired) electrons. The summed E-state index contributed by atoms with van der Waals surface area (Å²) in [7, 11) is 0. The average molecular weight is 450 g/mol. The molecule has 33 heavy (non-hydrogen) atoms. The van der Waals surface area contributed by atoms with E-state index in [1.165, 1.54) is 24.3 Å². The van der Waals surface area contributed by atoms with Crippen LogP contribution in [0.1, 0.15) is 42.9 Å². The Labute approximate surface area is 194 Å². The van der Waals surface area contributed by atoms with Crippen LogP contribution in [0.5, 0.6) is 5.75 Å². The zero-order chi connectivity index (χ0) is 23.4. The minimum atomic E-state index is -0.324. The van der Waals surface area contributed by atoms with E-state index >= 15 is 0 Å². The number of benzene rings is 3. The minimum absolute atomic E-state index is 0.0724. The fourth-order valence-electron chi connectivity index (χ4n) is 4.60. The molecule has 0 N–H and O–H groups in total. The van der Waals surface area contributed by atoms with Gasteiger partial charge in [-0.1, -0.05) is 42.5 Å². The van der Waals surface area contributed by atoms with Crippen LogP contribution in [0.15, 0.2) is 72.8 Å². The number of hydrogen-bond acceptors (Lipinski definition) is 3. The lowest BCUT2D eigenvalue weighted by atomic mass is 9.76. The molecule has 172 valence electrons. The summed E-state index contributed by atoms with van der Waals surface area (Å²) in [5.74, 6) is -0.201. The first-order valence-corrected chi connectivity index (χ1v) is 11.4. The summed E-state index contributed by atoms with van der Waals surface area (Å²) in [5.41, 5.74) is 2.79. The summed E-state index contributed by atoms with van der Waals surface area (Å²) in [5, 5.41) is 0. The molecule has 0 spiro atoms. The summed E-state index contributed by atoms with van der Waals surface area (Å²) in [6, 6.07) is 20.5. The number of halogens is 2. The van der Waals surface area contributed by atoms with Gasteiger partial charge in [-0.3, -0.25) is 9.69 Å². The number of rotatable bonds is 7. The van der Waals surface area contributed by atoms with Gasteiger partial charge in [-0.25, -0.2) is 8.78 Å². The SMILES string of the molecule is CC(C)Oc1ccccc1CN1CCC(=O)C(C(c2ccc(F)cc2)c2ccc(F)cc2)C1. The molecule has 5 heteroatoms. The van der Waals surface area contributed by atoms with Crippen LogP contribution in [-0.2, 0) is 11.3 Å². The Kier molecular flexibility index (Phi) is 7.19. The molecule has 0 bridgehead atoms. The molecule has 0 aromatic heterocycles. The molecule has 4 rings (SSSR count). The van der Waals surface area contributed by atoms with Gasteiger partial charge >= 0.3 is 0 Å². The smallest absolute Gasteiger partial charge is 0.139 e.